The van der Waals surface area contributed by atoms with E-state index in [1.807, 2.05) is 0 Å². The Labute approximate surface area is 101 Å². The number of nitrogens with one attached hydrogen (secondary N) is 1. The highest BCUT2D eigenvalue weighted by atomic mass is 16.5. The van der Waals surface area contributed by atoms with E-state index in [1.165, 1.54) is 0 Å². The van der Waals surface area contributed by atoms with Gasteiger partial charge in [0.2, 0.25) is 0 Å². The third-order valence-electron chi connectivity index (χ3n) is 1.21. The quantitative estimate of drug-likeness (QED) is 0.306. The molecule has 10 heteroatoms. The van der Waals surface area contributed by atoms with E-state index in [0.29, 0.717) is 0 Å². The third-order valence-corrected chi connectivity index (χ3v) is 1.21. The van der Waals surface area contributed by atoms with Gasteiger partial charge in [-0.15, -0.1) is 0 Å². The number of carboxylic acid groups (broad SMARTS) is 4. The molecule has 1 aliphatic heterocycles. The smallest absolute Gasteiger partial charge is 0.414 e. The molecule has 0 aliphatic carbocycles. The van der Waals surface area contributed by atoms with Crippen LogP contribution in [-0.4, -0.2) is 70.6 Å². The fraction of sp³-hybridized carbons (Fsp3) is 0.500. The first kappa shape index (κ1) is 18.2. The van der Waals surface area contributed by atoms with Gasteiger partial charge in [-0.3, -0.25) is 0 Å². The topological polar surface area (TPSA) is 170 Å². The fourth-order valence-corrected chi connectivity index (χ4v) is 0.516. The van der Waals surface area contributed by atoms with Crippen molar-refractivity contribution in [2.45, 2.75) is 0 Å². The van der Waals surface area contributed by atoms with Crippen molar-refractivity contribution in [2.24, 2.45) is 0 Å². The van der Waals surface area contributed by atoms with Crippen molar-refractivity contribution < 1.29 is 44.3 Å². The lowest BCUT2D eigenvalue weighted by Gasteiger charge is -2.10. The maximum atomic E-state index is 9.10. The van der Waals surface area contributed by atoms with Crippen LogP contribution in [0, 0.1) is 0 Å². The largest absolute Gasteiger partial charge is 0.473 e. The highest BCUT2D eigenvalue weighted by Crippen LogP contribution is 1.76. The van der Waals surface area contributed by atoms with Gasteiger partial charge in [-0.25, -0.2) is 19.2 Å². The summed E-state index contributed by atoms with van der Waals surface area (Å²) in [6, 6.07) is 0. The lowest BCUT2D eigenvalue weighted by Crippen LogP contribution is -2.30. The van der Waals surface area contributed by atoms with E-state index in [9.17, 15) is 0 Å². The van der Waals surface area contributed by atoms with E-state index in [2.05, 4.69) is 5.32 Å². The molecule has 1 heterocycles. The number of carboxylic acids is 4. The predicted molar refractivity (Wildman–Crippen MR) is 54.2 cm³/mol. The van der Waals surface area contributed by atoms with Gasteiger partial charge >= 0.3 is 23.9 Å². The van der Waals surface area contributed by atoms with Crippen molar-refractivity contribution in [3.63, 3.8) is 0 Å². The van der Waals surface area contributed by atoms with E-state index < -0.39 is 23.9 Å². The number of hydrogen-bond donors (Lipinski definition) is 5. The average Bonchev–Trinajstić information content (AvgIpc) is 2.32. The summed E-state index contributed by atoms with van der Waals surface area (Å²) in [5.74, 6) is -7.30. The summed E-state index contributed by atoms with van der Waals surface area (Å²) in [7, 11) is 0. The van der Waals surface area contributed by atoms with Crippen LogP contribution in [-0.2, 0) is 23.9 Å². The van der Waals surface area contributed by atoms with E-state index in [1.54, 1.807) is 0 Å². The van der Waals surface area contributed by atoms with Gasteiger partial charge in [0.1, 0.15) is 0 Å². The summed E-state index contributed by atoms with van der Waals surface area (Å²) in [5, 5.41) is 32.7. The first-order valence-corrected chi connectivity index (χ1v) is 4.50. The van der Waals surface area contributed by atoms with Crippen LogP contribution in [0.15, 0.2) is 0 Å². The molecule has 1 aliphatic rings. The van der Waals surface area contributed by atoms with Crippen LogP contribution in [0.25, 0.3) is 0 Å². The van der Waals surface area contributed by atoms with E-state index in [-0.39, 0.29) is 0 Å². The normalized spacial score (nSPS) is 12.9. The molecule has 1 rings (SSSR count). The summed E-state index contributed by atoms with van der Waals surface area (Å²) in [6.07, 6.45) is 0. The Hall–Kier alpha value is -2.20. The van der Waals surface area contributed by atoms with Crippen LogP contribution in [0.1, 0.15) is 0 Å². The molecule has 5 N–H and O–H groups in total. The van der Waals surface area contributed by atoms with E-state index >= 15 is 0 Å². The van der Waals surface area contributed by atoms with E-state index in [4.69, 9.17) is 44.3 Å². The second kappa shape index (κ2) is 11.3. The SMILES string of the molecule is C1COCCN1.O=C(O)C(=O)O.O=C(O)C(=O)O. The van der Waals surface area contributed by atoms with Crippen molar-refractivity contribution in [3.8, 4) is 0 Å². The molecular weight excluding hydrogens is 254 g/mol. The minimum atomic E-state index is -1.82. The molecule has 1 saturated heterocycles. The zero-order chi connectivity index (χ0) is 14.6. The Kier molecular flexibility index (Phi) is 11.4. The Morgan fingerprint density at radius 3 is 1.06 bits per heavy atom. The number of ether oxygens (including phenoxy) is 1. The molecule has 0 aromatic rings. The Morgan fingerprint density at radius 1 is 0.722 bits per heavy atom. The molecule has 18 heavy (non-hydrogen) atoms. The average molecular weight is 267 g/mol. The summed E-state index contributed by atoms with van der Waals surface area (Å²) < 4.78 is 5.01. The number of rotatable bonds is 0. The summed E-state index contributed by atoms with van der Waals surface area (Å²) in [5.41, 5.74) is 0. The van der Waals surface area contributed by atoms with Gasteiger partial charge < -0.3 is 30.5 Å². The second-order valence-electron chi connectivity index (χ2n) is 2.58. The van der Waals surface area contributed by atoms with Crippen molar-refractivity contribution in [2.75, 3.05) is 26.3 Å². The molecule has 0 saturated carbocycles. The molecule has 10 nitrogen and oxygen atoms in total. The van der Waals surface area contributed by atoms with Gasteiger partial charge in [0.15, 0.2) is 0 Å². The molecule has 0 aromatic carbocycles. The van der Waals surface area contributed by atoms with Crippen molar-refractivity contribution in [1.82, 2.24) is 5.32 Å². The molecular formula is C8H13NO9. The standard InChI is InChI=1S/C4H9NO.2C2H2O4/c1-3-6-4-2-5-1;2*3-1(4)2(5)6/h5H,1-4H2;2*(H,3,4)(H,5,6). The number of carbonyl (C=O) groups is 4. The molecule has 0 amide bonds. The molecule has 0 radical (unpaired) electrons. The minimum absolute atomic E-state index is 0.889. The first-order valence-electron chi connectivity index (χ1n) is 4.50. The van der Waals surface area contributed by atoms with Gasteiger partial charge in [0.05, 0.1) is 13.2 Å². The van der Waals surface area contributed by atoms with Crippen LogP contribution < -0.4 is 5.32 Å². The first-order chi connectivity index (χ1) is 8.29. The van der Waals surface area contributed by atoms with Gasteiger partial charge in [-0.05, 0) is 0 Å². The second-order valence-corrected chi connectivity index (χ2v) is 2.58. The molecule has 0 atom stereocenters. The van der Waals surface area contributed by atoms with Crippen molar-refractivity contribution in [1.29, 1.82) is 0 Å². The fourth-order valence-electron chi connectivity index (χ4n) is 0.516. The van der Waals surface area contributed by atoms with Crippen LogP contribution in [0.3, 0.4) is 0 Å². The predicted octanol–water partition coefficient (Wildman–Crippen LogP) is -2.08. The van der Waals surface area contributed by atoms with Gasteiger partial charge in [-0.2, -0.15) is 0 Å². The summed E-state index contributed by atoms with van der Waals surface area (Å²) in [6.45, 7) is 3.83. The number of aliphatic carboxylic acids is 4. The molecule has 0 unspecified atom stereocenters. The van der Waals surface area contributed by atoms with Crippen LogP contribution in [0.4, 0.5) is 0 Å². The lowest BCUT2D eigenvalue weighted by molar-refractivity contribution is -0.159. The lowest BCUT2D eigenvalue weighted by atomic mass is 10.5. The Balaban J connectivity index is 0. The minimum Gasteiger partial charge on any atom is -0.473 e. The summed E-state index contributed by atoms with van der Waals surface area (Å²) in [4.78, 5) is 36.4. The highest BCUT2D eigenvalue weighted by molar-refractivity contribution is 6.27. The van der Waals surface area contributed by atoms with Gasteiger partial charge in [0, 0.05) is 13.1 Å². The van der Waals surface area contributed by atoms with Crippen LogP contribution >= 0.6 is 0 Å². The van der Waals surface area contributed by atoms with E-state index in [0.717, 1.165) is 26.3 Å². The van der Waals surface area contributed by atoms with Crippen LogP contribution in [0.2, 0.25) is 0 Å². The maximum absolute atomic E-state index is 9.10. The third kappa shape index (κ3) is 16.2. The molecule has 1 fully saturated rings. The van der Waals surface area contributed by atoms with Gasteiger partial charge in [0.25, 0.3) is 0 Å². The van der Waals surface area contributed by atoms with Crippen LogP contribution in [0.5, 0.6) is 0 Å². The molecule has 0 spiro atoms. The van der Waals surface area contributed by atoms with Crippen molar-refractivity contribution >= 4 is 23.9 Å². The number of morpholine rings is 1. The summed E-state index contributed by atoms with van der Waals surface area (Å²) >= 11 is 0. The van der Waals surface area contributed by atoms with Gasteiger partial charge in [-0.1, -0.05) is 0 Å². The number of hydrogen-bond acceptors (Lipinski definition) is 6. The molecule has 0 bridgehead atoms. The maximum Gasteiger partial charge on any atom is 0.414 e. The zero-order valence-corrected chi connectivity index (χ0v) is 9.16. The Morgan fingerprint density at radius 2 is 1.00 bits per heavy atom. The Bertz CT molecular complexity index is 237. The highest BCUT2D eigenvalue weighted by Gasteiger charge is 2.04. The van der Waals surface area contributed by atoms with Crippen molar-refractivity contribution in [3.05, 3.63) is 0 Å². The zero-order valence-electron chi connectivity index (χ0n) is 9.16. The molecule has 104 valence electrons. The monoisotopic (exact) mass is 267 g/mol. The molecule has 0 aromatic heterocycles.